The van der Waals surface area contributed by atoms with Gasteiger partial charge in [0.05, 0.1) is 19.8 Å². The molecule has 0 spiro atoms. The van der Waals surface area contributed by atoms with Crippen LogP contribution in [0.15, 0.2) is 12.2 Å². The first-order valence-electron chi connectivity index (χ1n) is 7.13. The van der Waals surface area contributed by atoms with Crippen LogP contribution in [0.2, 0.25) is 0 Å². The Kier molecular flexibility index (Phi) is 28.0. The van der Waals surface area contributed by atoms with Crippen LogP contribution in [0.25, 0.3) is 0 Å². The summed E-state index contributed by atoms with van der Waals surface area (Å²) in [6, 6.07) is 0. The van der Waals surface area contributed by atoms with Crippen molar-refractivity contribution < 1.29 is 24.5 Å². The SMILES string of the molecule is C=C(C)C(=O)OCCCCC.CCOCC.OCCO. The predicted molar refractivity (Wildman–Crippen MR) is 81.6 cm³/mol. The summed E-state index contributed by atoms with van der Waals surface area (Å²) in [7, 11) is 0. The van der Waals surface area contributed by atoms with Gasteiger partial charge in [-0.2, -0.15) is 0 Å². The molecule has 0 aliphatic heterocycles. The van der Waals surface area contributed by atoms with Crippen LogP contribution >= 0.6 is 0 Å². The Morgan fingerprint density at radius 2 is 1.55 bits per heavy atom. The monoisotopic (exact) mass is 292 g/mol. The third kappa shape index (κ3) is 30.3. The number of unbranched alkanes of at least 4 members (excludes halogenated alkanes) is 2. The van der Waals surface area contributed by atoms with Crippen LogP contribution < -0.4 is 0 Å². The zero-order valence-corrected chi connectivity index (χ0v) is 13.5. The number of carbonyl (C=O) groups excluding carboxylic acids is 1. The minimum atomic E-state index is -0.277. The molecule has 0 atom stereocenters. The van der Waals surface area contributed by atoms with Crippen molar-refractivity contribution in [1.29, 1.82) is 0 Å². The maximum atomic E-state index is 10.8. The summed E-state index contributed by atoms with van der Waals surface area (Å²) < 4.78 is 9.70. The molecule has 5 heteroatoms. The number of carbonyl (C=O) groups is 1. The van der Waals surface area contributed by atoms with E-state index in [1.54, 1.807) is 6.92 Å². The lowest BCUT2D eigenvalue weighted by Crippen LogP contribution is -2.05. The molecule has 0 aromatic heterocycles. The minimum Gasteiger partial charge on any atom is -0.462 e. The van der Waals surface area contributed by atoms with Crippen LogP contribution in [0.3, 0.4) is 0 Å². The fourth-order valence-corrected chi connectivity index (χ4v) is 0.844. The Bertz CT molecular complexity index is 200. The summed E-state index contributed by atoms with van der Waals surface area (Å²) in [5, 5.41) is 15.2. The first kappa shape index (κ1) is 24.1. The summed E-state index contributed by atoms with van der Waals surface area (Å²) in [5.41, 5.74) is 0.474. The van der Waals surface area contributed by atoms with Crippen molar-refractivity contribution in [3.63, 3.8) is 0 Å². The van der Waals surface area contributed by atoms with Crippen LogP contribution in [0.4, 0.5) is 0 Å². The van der Waals surface area contributed by atoms with Crippen LogP contribution in [0.1, 0.15) is 47.0 Å². The van der Waals surface area contributed by atoms with E-state index in [1.165, 1.54) is 0 Å². The van der Waals surface area contributed by atoms with Crippen molar-refractivity contribution in [2.75, 3.05) is 33.0 Å². The molecule has 0 radical (unpaired) electrons. The maximum Gasteiger partial charge on any atom is 0.333 e. The number of aliphatic hydroxyl groups is 2. The first-order valence-corrected chi connectivity index (χ1v) is 7.13. The van der Waals surface area contributed by atoms with Gasteiger partial charge >= 0.3 is 5.97 Å². The van der Waals surface area contributed by atoms with Gasteiger partial charge < -0.3 is 19.7 Å². The molecule has 0 fully saturated rings. The molecular weight excluding hydrogens is 260 g/mol. The highest BCUT2D eigenvalue weighted by atomic mass is 16.5. The maximum absolute atomic E-state index is 10.8. The molecule has 0 bridgehead atoms. The topological polar surface area (TPSA) is 76.0 Å². The van der Waals surface area contributed by atoms with E-state index < -0.39 is 0 Å². The zero-order chi connectivity index (χ0) is 16.2. The summed E-state index contributed by atoms with van der Waals surface area (Å²) in [6.45, 7) is 13.2. The number of rotatable bonds is 8. The van der Waals surface area contributed by atoms with Gasteiger partial charge in [0.1, 0.15) is 0 Å². The molecule has 122 valence electrons. The lowest BCUT2D eigenvalue weighted by Gasteiger charge is -2.02. The molecule has 0 unspecified atom stereocenters. The molecule has 20 heavy (non-hydrogen) atoms. The molecule has 0 saturated carbocycles. The van der Waals surface area contributed by atoms with E-state index >= 15 is 0 Å². The normalized spacial score (nSPS) is 8.70. The first-order chi connectivity index (χ1) is 9.51. The van der Waals surface area contributed by atoms with Crippen LogP contribution in [0, 0.1) is 0 Å². The fourth-order valence-electron chi connectivity index (χ4n) is 0.844. The van der Waals surface area contributed by atoms with Gasteiger partial charge in [0.15, 0.2) is 0 Å². The second-order valence-corrected chi connectivity index (χ2v) is 3.85. The number of esters is 1. The smallest absolute Gasteiger partial charge is 0.333 e. The molecule has 0 aliphatic rings. The van der Waals surface area contributed by atoms with E-state index in [-0.39, 0.29) is 19.2 Å². The van der Waals surface area contributed by atoms with Gasteiger partial charge in [-0.25, -0.2) is 4.79 Å². The van der Waals surface area contributed by atoms with Crippen molar-refractivity contribution in [1.82, 2.24) is 0 Å². The van der Waals surface area contributed by atoms with E-state index in [1.807, 2.05) is 13.8 Å². The Morgan fingerprint density at radius 3 is 1.80 bits per heavy atom. The number of ether oxygens (including phenoxy) is 2. The molecule has 0 aliphatic carbocycles. The van der Waals surface area contributed by atoms with E-state index in [0.29, 0.717) is 12.2 Å². The average molecular weight is 292 g/mol. The molecule has 0 aromatic carbocycles. The minimum absolute atomic E-state index is 0.125. The molecule has 0 saturated heterocycles. The predicted octanol–water partition coefficient (Wildman–Crippen LogP) is 2.31. The van der Waals surface area contributed by atoms with E-state index in [0.717, 1.165) is 32.5 Å². The highest BCUT2D eigenvalue weighted by molar-refractivity contribution is 5.86. The summed E-state index contributed by atoms with van der Waals surface area (Å²) in [6.07, 6.45) is 3.21. The van der Waals surface area contributed by atoms with Gasteiger partial charge in [-0.15, -0.1) is 0 Å². The van der Waals surface area contributed by atoms with Gasteiger partial charge in [0.25, 0.3) is 0 Å². The summed E-state index contributed by atoms with van der Waals surface area (Å²) >= 11 is 0. The second-order valence-electron chi connectivity index (χ2n) is 3.85. The van der Waals surface area contributed by atoms with E-state index in [9.17, 15) is 4.79 Å². The average Bonchev–Trinajstić information content (AvgIpc) is 2.45. The van der Waals surface area contributed by atoms with Gasteiger partial charge in [-0.1, -0.05) is 26.3 Å². The Morgan fingerprint density at radius 1 is 1.05 bits per heavy atom. The Balaban J connectivity index is -0.000000266. The lowest BCUT2D eigenvalue weighted by atomic mass is 10.3. The Hall–Kier alpha value is -0.910. The van der Waals surface area contributed by atoms with Crippen molar-refractivity contribution in [3.05, 3.63) is 12.2 Å². The van der Waals surface area contributed by atoms with Gasteiger partial charge in [-0.3, -0.25) is 0 Å². The molecule has 0 amide bonds. The van der Waals surface area contributed by atoms with Gasteiger partial charge in [0, 0.05) is 18.8 Å². The molecule has 0 heterocycles. The summed E-state index contributed by atoms with van der Waals surface area (Å²) in [4.78, 5) is 10.8. The Labute approximate surface area is 123 Å². The second kappa shape index (κ2) is 23.2. The number of aliphatic hydroxyl groups excluding tert-OH is 2. The molecule has 0 rings (SSSR count). The standard InChI is InChI=1S/C9H16O2.C4H10O.C2H6O2/c1-4-5-6-7-11-9(10)8(2)3;1-3-5-4-2;3-1-2-4/h2,4-7H2,1,3H3;3-4H2,1-2H3;3-4H,1-2H2. The summed E-state index contributed by atoms with van der Waals surface area (Å²) in [5.74, 6) is -0.277. The van der Waals surface area contributed by atoms with Gasteiger partial charge in [-0.05, 0) is 27.2 Å². The molecule has 2 N–H and O–H groups in total. The van der Waals surface area contributed by atoms with Crippen LogP contribution in [0.5, 0.6) is 0 Å². The fraction of sp³-hybridized carbons (Fsp3) is 0.800. The molecule has 5 nitrogen and oxygen atoms in total. The number of hydrogen-bond donors (Lipinski definition) is 2. The lowest BCUT2D eigenvalue weighted by molar-refractivity contribution is -0.139. The van der Waals surface area contributed by atoms with Gasteiger partial charge in [0.2, 0.25) is 0 Å². The van der Waals surface area contributed by atoms with Crippen molar-refractivity contribution in [2.45, 2.75) is 47.0 Å². The van der Waals surface area contributed by atoms with E-state index in [4.69, 9.17) is 19.7 Å². The van der Waals surface area contributed by atoms with Crippen molar-refractivity contribution in [2.24, 2.45) is 0 Å². The quantitative estimate of drug-likeness (QED) is 0.408. The highest BCUT2D eigenvalue weighted by Gasteiger charge is 2.00. The van der Waals surface area contributed by atoms with Crippen molar-refractivity contribution >= 4 is 5.97 Å². The van der Waals surface area contributed by atoms with Crippen LogP contribution in [-0.4, -0.2) is 49.2 Å². The highest BCUT2D eigenvalue weighted by Crippen LogP contribution is 1.97. The largest absolute Gasteiger partial charge is 0.462 e. The number of hydrogen-bond acceptors (Lipinski definition) is 5. The van der Waals surface area contributed by atoms with Crippen LogP contribution in [-0.2, 0) is 14.3 Å². The molecule has 0 aromatic rings. The third-order valence-corrected chi connectivity index (χ3v) is 1.84. The van der Waals surface area contributed by atoms with Crippen molar-refractivity contribution in [3.8, 4) is 0 Å². The third-order valence-electron chi connectivity index (χ3n) is 1.84. The zero-order valence-electron chi connectivity index (χ0n) is 13.5. The van der Waals surface area contributed by atoms with E-state index in [2.05, 4.69) is 13.5 Å². The molecular formula is C15H32O5.